The summed E-state index contributed by atoms with van der Waals surface area (Å²) in [5.74, 6) is 0.487. The fraction of sp³-hybridized carbons (Fsp3) is 0.250. The highest BCUT2D eigenvalue weighted by atomic mass is 31.1. The zero-order chi connectivity index (χ0) is 8.10. The molecule has 0 aromatic heterocycles. The zero-order valence-electron chi connectivity index (χ0n) is 6.23. The number of hydrogen-bond donors (Lipinski definition) is 0. The molecule has 1 aromatic rings. The van der Waals surface area contributed by atoms with Crippen molar-refractivity contribution < 1.29 is 9.30 Å². The second-order valence-electron chi connectivity index (χ2n) is 2.14. The third-order valence-corrected chi connectivity index (χ3v) is 1.60. The van der Waals surface area contributed by atoms with Crippen LogP contribution in [0.15, 0.2) is 30.3 Å². The van der Waals surface area contributed by atoms with Crippen LogP contribution in [0.3, 0.4) is 0 Å². The maximum atomic E-state index is 10.3. The van der Waals surface area contributed by atoms with Gasteiger partial charge in [-0.25, -0.2) is 0 Å². The molecule has 0 aliphatic rings. The Balaban J connectivity index is 2.57. The molecule has 0 bridgehead atoms. The molecule has 0 fully saturated rings. The van der Waals surface area contributed by atoms with E-state index in [0.29, 0.717) is 0 Å². The Bertz CT molecular complexity index is 223. The minimum Gasteiger partial charge on any atom is -0.479 e. The summed E-state index contributed by atoms with van der Waals surface area (Å²) in [5.41, 5.74) is 0. The maximum Gasteiger partial charge on any atom is 0.200 e. The molecule has 1 unspecified atom stereocenters. The van der Waals surface area contributed by atoms with Crippen molar-refractivity contribution in [2.45, 2.75) is 12.8 Å². The molecule has 0 saturated heterocycles. The summed E-state index contributed by atoms with van der Waals surface area (Å²) in [7, 11) is 0.0161. The van der Waals surface area contributed by atoms with E-state index in [9.17, 15) is 4.57 Å². The van der Waals surface area contributed by atoms with Crippen molar-refractivity contribution in [3.05, 3.63) is 30.3 Å². The molecule has 0 aliphatic heterocycles. The number of benzene rings is 1. The molecule has 2 nitrogen and oxygen atoms in total. The van der Waals surface area contributed by atoms with E-state index in [1.807, 2.05) is 30.3 Å². The molecule has 0 radical (unpaired) electrons. The first-order valence-corrected chi connectivity index (χ1v) is 4.25. The summed E-state index contributed by atoms with van der Waals surface area (Å²) in [6.07, 6.45) is 0. The van der Waals surface area contributed by atoms with Gasteiger partial charge in [-0.05, 0) is 19.1 Å². The highest BCUT2D eigenvalue weighted by Crippen LogP contribution is 2.15. The smallest absolute Gasteiger partial charge is 0.200 e. The van der Waals surface area contributed by atoms with Gasteiger partial charge < -0.3 is 4.74 Å². The highest BCUT2D eigenvalue weighted by molar-refractivity contribution is 7.24. The lowest BCUT2D eigenvalue weighted by Gasteiger charge is -2.05. The minimum atomic E-state index is -0.266. The van der Waals surface area contributed by atoms with Crippen LogP contribution in [-0.2, 0) is 4.57 Å². The maximum absolute atomic E-state index is 10.3. The Morgan fingerprint density at radius 2 is 2.00 bits per heavy atom. The molecular weight excluding hydrogens is 159 g/mol. The Labute approximate surface area is 67.4 Å². The van der Waals surface area contributed by atoms with Crippen molar-refractivity contribution in [2.24, 2.45) is 0 Å². The lowest BCUT2D eigenvalue weighted by molar-refractivity contribution is 0.299. The summed E-state index contributed by atoms with van der Waals surface area (Å²) in [6, 6.07) is 9.34. The summed E-state index contributed by atoms with van der Waals surface area (Å²) in [6.45, 7) is 1.75. The van der Waals surface area contributed by atoms with Crippen molar-refractivity contribution >= 4 is 8.46 Å². The normalized spacial score (nSPS) is 12.8. The number of hydrogen-bond acceptors (Lipinski definition) is 2. The van der Waals surface area contributed by atoms with E-state index in [4.69, 9.17) is 4.74 Å². The van der Waals surface area contributed by atoms with E-state index < -0.39 is 0 Å². The Hall–Kier alpha value is -0.880. The first kappa shape index (κ1) is 8.22. The first-order valence-electron chi connectivity index (χ1n) is 3.37. The molecule has 3 heteroatoms. The number of rotatable bonds is 3. The molecule has 0 aliphatic carbocycles. The van der Waals surface area contributed by atoms with Crippen LogP contribution in [0.4, 0.5) is 0 Å². The Morgan fingerprint density at radius 1 is 1.36 bits per heavy atom. The molecule has 0 heterocycles. The van der Waals surface area contributed by atoms with Gasteiger partial charge in [0.25, 0.3) is 0 Å². The third-order valence-electron chi connectivity index (χ3n) is 1.20. The van der Waals surface area contributed by atoms with Crippen LogP contribution in [0.2, 0.25) is 0 Å². The van der Waals surface area contributed by atoms with Crippen LogP contribution in [0.25, 0.3) is 0 Å². The second kappa shape index (κ2) is 4.09. The third kappa shape index (κ3) is 2.69. The van der Waals surface area contributed by atoms with Crippen molar-refractivity contribution in [1.82, 2.24) is 0 Å². The standard InChI is InChI=1S/C8H9O2P/c1-7(11-9)10-8-5-3-2-4-6-8/h2-7H,1H3. The quantitative estimate of drug-likeness (QED) is 0.648. The highest BCUT2D eigenvalue weighted by Gasteiger charge is 2.00. The monoisotopic (exact) mass is 168 g/mol. The minimum absolute atomic E-state index is 0.0161. The topological polar surface area (TPSA) is 26.3 Å². The van der Waals surface area contributed by atoms with Crippen LogP contribution >= 0.6 is 8.46 Å². The van der Waals surface area contributed by atoms with E-state index in [2.05, 4.69) is 0 Å². The van der Waals surface area contributed by atoms with Crippen molar-refractivity contribution in [2.75, 3.05) is 0 Å². The summed E-state index contributed by atoms with van der Waals surface area (Å²) >= 11 is 0. The van der Waals surface area contributed by atoms with Crippen LogP contribution in [0.5, 0.6) is 5.75 Å². The molecule has 11 heavy (non-hydrogen) atoms. The van der Waals surface area contributed by atoms with E-state index >= 15 is 0 Å². The number of para-hydroxylation sites is 1. The van der Waals surface area contributed by atoms with Gasteiger partial charge in [-0.2, -0.15) is 0 Å². The van der Waals surface area contributed by atoms with Crippen molar-refractivity contribution in [3.63, 3.8) is 0 Å². The summed E-state index contributed by atoms with van der Waals surface area (Å²) in [4.78, 5) is 0. The van der Waals surface area contributed by atoms with Gasteiger partial charge in [0.2, 0.25) is 0 Å². The first-order chi connectivity index (χ1) is 5.33. The van der Waals surface area contributed by atoms with Gasteiger partial charge in [0, 0.05) is 0 Å². The molecule has 1 aromatic carbocycles. The predicted octanol–water partition coefficient (Wildman–Crippen LogP) is 2.70. The fourth-order valence-electron chi connectivity index (χ4n) is 0.718. The largest absolute Gasteiger partial charge is 0.479 e. The predicted molar refractivity (Wildman–Crippen MR) is 44.1 cm³/mol. The van der Waals surface area contributed by atoms with Gasteiger partial charge >= 0.3 is 0 Å². The van der Waals surface area contributed by atoms with Crippen LogP contribution in [0, 0.1) is 0 Å². The Morgan fingerprint density at radius 3 is 2.55 bits per heavy atom. The van der Waals surface area contributed by atoms with E-state index in [1.54, 1.807) is 6.92 Å². The van der Waals surface area contributed by atoms with Gasteiger partial charge in [-0.15, -0.1) is 0 Å². The van der Waals surface area contributed by atoms with Crippen molar-refractivity contribution in [1.29, 1.82) is 0 Å². The molecule has 0 saturated carbocycles. The SMILES string of the molecule is CC(Oc1ccccc1)P=O. The van der Waals surface area contributed by atoms with Gasteiger partial charge in [0.15, 0.2) is 14.3 Å². The van der Waals surface area contributed by atoms with Gasteiger partial charge in [-0.3, -0.25) is 4.57 Å². The molecule has 1 rings (SSSR count). The fourth-order valence-corrected chi connectivity index (χ4v) is 0.882. The van der Waals surface area contributed by atoms with Gasteiger partial charge in [0.05, 0.1) is 0 Å². The van der Waals surface area contributed by atoms with Crippen LogP contribution < -0.4 is 4.74 Å². The average Bonchev–Trinajstić information content (AvgIpc) is 2.06. The Kier molecular flexibility index (Phi) is 3.06. The van der Waals surface area contributed by atoms with Gasteiger partial charge in [-0.1, -0.05) is 18.2 Å². The molecule has 0 N–H and O–H groups in total. The van der Waals surface area contributed by atoms with Crippen LogP contribution in [0.1, 0.15) is 6.92 Å². The molecule has 58 valence electrons. The molecular formula is C8H9O2P. The second-order valence-corrected chi connectivity index (χ2v) is 3.07. The summed E-state index contributed by atoms with van der Waals surface area (Å²) in [5, 5.41) is 0. The van der Waals surface area contributed by atoms with Gasteiger partial charge in [0.1, 0.15) is 5.75 Å². The number of ether oxygens (including phenoxy) is 1. The van der Waals surface area contributed by atoms with Crippen molar-refractivity contribution in [3.8, 4) is 5.75 Å². The lowest BCUT2D eigenvalue weighted by atomic mass is 10.3. The molecule has 0 spiro atoms. The van der Waals surface area contributed by atoms with E-state index in [1.165, 1.54) is 0 Å². The molecule has 1 atom stereocenters. The average molecular weight is 168 g/mol. The van der Waals surface area contributed by atoms with Crippen LogP contribution in [-0.4, -0.2) is 5.85 Å². The molecule has 0 amide bonds. The zero-order valence-corrected chi connectivity index (χ0v) is 7.12. The lowest BCUT2D eigenvalue weighted by Crippen LogP contribution is -2.01. The van der Waals surface area contributed by atoms with E-state index in [0.717, 1.165) is 5.75 Å². The summed E-state index contributed by atoms with van der Waals surface area (Å²) < 4.78 is 15.5. The van der Waals surface area contributed by atoms with E-state index in [-0.39, 0.29) is 14.3 Å².